The van der Waals surface area contributed by atoms with Crippen LogP contribution in [0.15, 0.2) is 73.6 Å². The molecule has 1 aliphatic rings. The van der Waals surface area contributed by atoms with Crippen molar-refractivity contribution in [2.75, 3.05) is 54.9 Å². The minimum atomic E-state index is -0.327. The molecule has 4 aromatic heterocycles. The Morgan fingerprint density at radius 3 is 2.46 bits per heavy atom. The maximum Gasteiger partial charge on any atom is 0.323 e. The van der Waals surface area contributed by atoms with Crippen molar-refractivity contribution < 1.29 is 9.53 Å². The molecule has 1 aromatic carbocycles. The third-order valence-electron chi connectivity index (χ3n) is 6.90. The summed E-state index contributed by atoms with van der Waals surface area (Å²) in [5.74, 6) is 1.55. The largest absolute Gasteiger partial charge is 0.378 e. The maximum absolute atomic E-state index is 12.4. The van der Waals surface area contributed by atoms with E-state index in [1.807, 2.05) is 30.5 Å². The number of morpholine rings is 1. The van der Waals surface area contributed by atoms with E-state index in [2.05, 4.69) is 52.6 Å². The average Bonchev–Trinajstić information content (AvgIpc) is 3.68. The molecule has 6 rings (SSSR count). The third-order valence-corrected chi connectivity index (χ3v) is 6.90. The van der Waals surface area contributed by atoms with E-state index in [4.69, 9.17) is 14.7 Å². The Morgan fingerprint density at radius 2 is 1.71 bits per heavy atom. The summed E-state index contributed by atoms with van der Waals surface area (Å²) in [6.45, 7) is 5.35. The molecule has 0 spiro atoms. The molecular weight excluding hydrogens is 520 g/mol. The van der Waals surface area contributed by atoms with Gasteiger partial charge in [-0.2, -0.15) is 0 Å². The first-order valence-corrected chi connectivity index (χ1v) is 13.7. The lowest BCUT2D eigenvalue weighted by atomic mass is 10.2. The summed E-state index contributed by atoms with van der Waals surface area (Å²) in [7, 11) is 0. The molecule has 12 heteroatoms. The van der Waals surface area contributed by atoms with E-state index in [0.717, 1.165) is 67.3 Å². The number of aromatic amines is 1. The van der Waals surface area contributed by atoms with Crippen LogP contribution in [0.5, 0.6) is 0 Å². The van der Waals surface area contributed by atoms with Gasteiger partial charge in [0.15, 0.2) is 5.82 Å². The first kappa shape index (κ1) is 26.4. The van der Waals surface area contributed by atoms with Crippen LogP contribution in [0, 0.1) is 0 Å². The number of carbonyl (C=O) groups excluding carboxylic acids is 1. The molecule has 1 fully saturated rings. The van der Waals surface area contributed by atoms with Gasteiger partial charge in [0.05, 0.1) is 24.9 Å². The van der Waals surface area contributed by atoms with Gasteiger partial charge in [0.25, 0.3) is 0 Å². The normalized spacial score (nSPS) is 13.4. The van der Waals surface area contributed by atoms with Gasteiger partial charge in [-0.05, 0) is 42.5 Å². The summed E-state index contributed by atoms with van der Waals surface area (Å²) in [5, 5.41) is 10.2. The minimum absolute atomic E-state index is 0.327. The number of pyridine rings is 1. The molecular formula is C29H32N10O2. The van der Waals surface area contributed by atoms with Crippen LogP contribution in [0.3, 0.4) is 0 Å². The van der Waals surface area contributed by atoms with Crippen LogP contribution in [0.2, 0.25) is 0 Å². The number of hydrogen-bond acceptors (Lipinski definition) is 8. The molecule has 210 valence electrons. The second-order valence-corrected chi connectivity index (χ2v) is 9.69. The zero-order valence-corrected chi connectivity index (χ0v) is 22.6. The number of anilines is 3. The van der Waals surface area contributed by atoms with Crippen LogP contribution in [-0.2, 0) is 17.7 Å². The van der Waals surface area contributed by atoms with Gasteiger partial charge in [-0.25, -0.2) is 19.7 Å². The van der Waals surface area contributed by atoms with Gasteiger partial charge in [-0.3, -0.25) is 4.98 Å². The van der Waals surface area contributed by atoms with Crippen LogP contribution in [0.4, 0.5) is 22.0 Å². The summed E-state index contributed by atoms with van der Waals surface area (Å²) in [4.78, 5) is 35.8. The summed E-state index contributed by atoms with van der Waals surface area (Å²) in [6, 6.07) is 12.8. The van der Waals surface area contributed by atoms with Crippen LogP contribution in [0.1, 0.15) is 5.69 Å². The van der Waals surface area contributed by atoms with Crippen molar-refractivity contribution in [1.29, 1.82) is 0 Å². The van der Waals surface area contributed by atoms with Crippen molar-refractivity contribution in [2.24, 2.45) is 0 Å². The number of amides is 2. The number of fused-ring (bicyclic) bond motifs is 1. The number of nitrogens with zero attached hydrogens (tertiary/aromatic N) is 6. The lowest BCUT2D eigenvalue weighted by Gasteiger charge is -2.28. The van der Waals surface area contributed by atoms with Crippen molar-refractivity contribution >= 4 is 34.3 Å². The van der Waals surface area contributed by atoms with Gasteiger partial charge < -0.3 is 35.1 Å². The van der Waals surface area contributed by atoms with Gasteiger partial charge in [-0.1, -0.05) is 0 Å². The lowest BCUT2D eigenvalue weighted by molar-refractivity contribution is 0.122. The first-order valence-electron chi connectivity index (χ1n) is 13.7. The van der Waals surface area contributed by atoms with E-state index < -0.39 is 0 Å². The predicted octanol–water partition coefficient (Wildman–Crippen LogP) is 3.53. The Bertz CT molecular complexity index is 1560. The number of carbonyl (C=O) groups is 1. The molecule has 5 aromatic rings. The van der Waals surface area contributed by atoms with Crippen molar-refractivity contribution in [1.82, 2.24) is 34.8 Å². The number of nitrogens with one attached hydrogen (secondary N) is 4. The summed E-state index contributed by atoms with van der Waals surface area (Å²) < 4.78 is 7.76. The molecule has 0 saturated carbocycles. The minimum Gasteiger partial charge on any atom is -0.378 e. The van der Waals surface area contributed by atoms with E-state index in [9.17, 15) is 4.79 Å². The smallest absolute Gasteiger partial charge is 0.323 e. The van der Waals surface area contributed by atoms with Gasteiger partial charge in [0, 0.05) is 86.6 Å². The van der Waals surface area contributed by atoms with E-state index in [1.54, 1.807) is 30.9 Å². The molecule has 0 aliphatic carbocycles. The van der Waals surface area contributed by atoms with Crippen LogP contribution in [0.25, 0.3) is 22.4 Å². The molecule has 2 amide bonds. The van der Waals surface area contributed by atoms with Crippen molar-refractivity contribution in [2.45, 2.75) is 13.0 Å². The zero-order chi connectivity index (χ0) is 27.9. The summed E-state index contributed by atoms with van der Waals surface area (Å²) in [6.07, 6.45) is 9.79. The number of ether oxygens (including phenoxy) is 1. The Kier molecular flexibility index (Phi) is 8.10. The Hall–Kier alpha value is -4.81. The molecule has 41 heavy (non-hydrogen) atoms. The van der Waals surface area contributed by atoms with E-state index >= 15 is 0 Å². The average molecular weight is 553 g/mol. The van der Waals surface area contributed by atoms with Crippen molar-refractivity contribution in [3.8, 4) is 11.4 Å². The van der Waals surface area contributed by atoms with Crippen molar-refractivity contribution in [3.05, 3.63) is 79.3 Å². The lowest BCUT2D eigenvalue weighted by Crippen LogP contribution is -2.37. The fraction of sp³-hybridized carbons (Fsp3) is 0.276. The summed E-state index contributed by atoms with van der Waals surface area (Å²) >= 11 is 0. The first-order chi connectivity index (χ1) is 20.2. The number of aromatic nitrogens is 6. The molecule has 0 atom stereocenters. The standard InChI is InChI=1S/C29H32N10O2/c40-29(35-23-5-9-30-10-6-23)34-22-3-1-21(2-4-22)26-36-27-25(28(37-26)39-15-17-41-18-16-39)8-13-38(27)14-12-31-11-7-24-19-32-20-33-24/h1-6,8-10,13,19-20,31H,7,11-12,14-18H2,(H,32,33)(H2,30,34,35,40). The van der Waals surface area contributed by atoms with Crippen molar-refractivity contribution in [3.63, 3.8) is 0 Å². The number of urea groups is 1. The van der Waals surface area contributed by atoms with Crippen LogP contribution >= 0.6 is 0 Å². The van der Waals surface area contributed by atoms with Gasteiger partial charge >= 0.3 is 6.03 Å². The fourth-order valence-electron chi connectivity index (χ4n) is 4.78. The predicted molar refractivity (Wildman–Crippen MR) is 158 cm³/mol. The Morgan fingerprint density at radius 1 is 0.927 bits per heavy atom. The number of imidazole rings is 1. The molecule has 5 heterocycles. The fourth-order valence-corrected chi connectivity index (χ4v) is 4.78. The topological polar surface area (TPSA) is 138 Å². The zero-order valence-electron chi connectivity index (χ0n) is 22.6. The van der Waals surface area contributed by atoms with Gasteiger partial charge in [-0.15, -0.1) is 0 Å². The second-order valence-electron chi connectivity index (χ2n) is 9.69. The van der Waals surface area contributed by atoms with Crippen LogP contribution < -0.4 is 20.9 Å². The Labute approximate surface area is 237 Å². The second kappa shape index (κ2) is 12.6. The third kappa shape index (κ3) is 6.51. The highest BCUT2D eigenvalue weighted by Gasteiger charge is 2.20. The molecule has 12 nitrogen and oxygen atoms in total. The summed E-state index contributed by atoms with van der Waals surface area (Å²) in [5.41, 5.74) is 4.21. The van der Waals surface area contributed by atoms with E-state index in [-0.39, 0.29) is 6.03 Å². The highest BCUT2D eigenvalue weighted by atomic mass is 16.5. The molecule has 0 bridgehead atoms. The quantitative estimate of drug-likeness (QED) is 0.193. The molecule has 4 N–H and O–H groups in total. The molecule has 0 unspecified atom stereocenters. The molecule has 1 aliphatic heterocycles. The number of H-pyrrole nitrogens is 1. The molecule has 0 radical (unpaired) electrons. The maximum atomic E-state index is 12.4. The van der Waals surface area contributed by atoms with Crippen LogP contribution in [-0.4, -0.2) is 74.9 Å². The highest BCUT2D eigenvalue weighted by molar-refractivity contribution is 5.99. The van der Waals surface area contributed by atoms with Gasteiger partial charge in [0.2, 0.25) is 0 Å². The van der Waals surface area contributed by atoms with E-state index in [0.29, 0.717) is 30.4 Å². The molecule has 1 saturated heterocycles. The van der Waals surface area contributed by atoms with Gasteiger partial charge in [0.1, 0.15) is 11.5 Å². The SMILES string of the molecule is O=C(Nc1ccncc1)Nc1ccc(-c2nc(N3CCOCC3)c3ccn(CCNCCc4cnc[nH]4)c3n2)cc1. The number of benzene rings is 1. The van der Waals surface area contributed by atoms with E-state index in [1.165, 1.54) is 0 Å². The Balaban J connectivity index is 1.19. The number of hydrogen-bond donors (Lipinski definition) is 4. The monoisotopic (exact) mass is 552 g/mol. The highest BCUT2D eigenvalue weighted by Crippen LogP contribution is 2.29. The number of rotatable bonds is 10.